The van der Waals surface area contributed by atoms with Crippen LogP contribution in [-0.4, -0.2) is 66.4 Å². The molecular weight excluding hydrogens is 484 g/mol. The molecule has 3 heterocycles. The minimum atomic E-state index is 0.0404. The van der Waals surface area contributed by atoms with Gasteiger partial charge in [0.15, 0.2) is 16.7 Å². The second-order valence-corrected chi connectivity index (χ2v) is 10.5. The van der Waals surface area contributed by atoms with Crippen molar-refractivity contribution >= 4 is 34.7 Å². The summed E-state index contributed by atoms with van der Waals surface area (Å²) < 4.78 is 17.1. The highest BCUT2D eigenvalue weighted by molar-refractivity contribution is 7.99. The molecule has 1 saturated heterocycles. The maximum Gasteiger partial charge on any atom is 0.192 e. The number of aryl methyl sites for hydroxylation is 1. The number of anilines is 2. The minimum Gasteiger partial charge on any atom is -0.493 e. The van der Waals surface area contributed by atoms with E-state index in [2.05, 4.69) is 28.7 Å². The maximum absolute atomic E-state index is 6.13. The van der Waals surface area contributed by atoms with Crippen molar-refractivity contribution < 1.29 is 14.2 Å². The lowest BCUT2D eigenvalue weighted by atomic mass is 10.2. The first-order valence-electron chi connectivity index (χ1n) is 11.6. The number of ether oxygens (including phenoxy) is 3. The second-order valence-electron chi connectivity index (χ2n) is 8.11. The predicted molar refractivity (Wildman–Crippen MR) is 141 cm³/mol. The van der Waals surface area contributed by atoms with Crippen LogP contribution in [0.4, 0.5) is 11.6 Å². The molecule has 11 heteroatoms. The number of benzene rings is 1. The molecule has 3 aromatic rings. The van der Waals surface area contributed by atoms with Crippen LogP contribution in [0.3, 0.4) is 0 Å². The summed E-state index contributed by atoms with van der Waals surface area (Å²) in [4.78, 5) is 17.2. The Labute approximate surface area is 214 Å². The molecule has 4 N–H and O–H groups in total. The van der Waals surface area contributed by atoms with Crippen LogP contribution in [0.2, 0.25) is 0 Å². The second kappa shape index (κ2) is 11.9. The molecule has 1 aliphatic rings. The standard InChI is InChI=1S/C24H32N6O3S2/c1-4-19-22(15(2)34-24-27-20(25)14-21(26)28-24)29-23(35-19)16-5-6-17(31-3)18(13-16)33-12-9-30-7-10-32-11-8-30/h5-6,13-15H,4,7-12H2,1-3H3,(H4,25,26,27,28). The Hall–Kier alpha value is -2.60. The van der Waals surface area contributed by atoms with Crippen molar-refractivity contribution in [2.45, 2.75) is 30.7 Å². The third kappa shape index (κ3) is 6.54. The highest BCUT2D eigenvalue weighted by Crippen LogP contribution is 2.41. The average Bonchev–Trinajstić information content (AvgIpc) is 3.29. The summed E-state index contributed by atoms with van der Waals surface area (Å²) in [6.45, 7) is 9.10. The number of hydrogen-bond acceptors (Lipinski definition) is 11. The van der Waals surface area contributed by atoms with Gasteiger partial charge in [-0.1, -0.05) is 18.7 Å². The monoisotopic (exact) mass is 516 g/mol. The van der Waals surface area contributed by atoms with Crippen LogP contribution >= 0.6 is 23.1 Å². The smallest absolute Gasteiger partial charge is 0.192 e. The van der Waals surface area contributed by atoms with Crippen molar-refractivity contribution in [1.29, 1.82) is 0 Å². The van der Waals surface area contributed by atoms with Crippen molar-refractivity contribution in [3.63, 3.8) is 0 Å². The Balaban J connectivity index is 1.51. The Bertz CT molecular complexity index is 1120. The van der Waals surface area contributed by atoms with Crippen LogP contribution in [0.25, 0.3) is 10.6 Å². The van der Waals surface area contributed by atoms with E-state index >= 15 is 0 Å². The van der Waals surface area contributed by atoms with Gasteiger partial charge in [0.05, 0.1) is 31.3 Å². The molecule has 2 aromatic heterocycles. The molecule has 1 atom stereocenters. The van der Waals surface area contributed by atoms with Crippen LogP contribution in [-0.2, 0) is 11.2 Å². The van der Waals surface area contributed by atoms with Gasteiger partial charge in [-0.3, -0.25) is 4.90 Å². The Morgan fingerprint density at radius 1 is 1.11 bits per heavy atom. The van der Waals surface area contributed by atoms with Crippen molar-refractivity contribution in [2.24, 2.45) is 0 Å². The number of aromatic nitrogens is 3. The first-order chi connectivity index (χ1) is 17.0. The molecule has 0 aliphatic carbocycles. The van der Waals surface area contributed by atoms with Crippen LogP contribution < -0.4 is 20.9 Å². The van der Waals surface area contributed by atoms with Gasteiger partial charge in [0.25, 0.3) is 0 Å². The molecule has 1 aliphatic heterocycles. The van der Waals surface area contributed by atoms with Gasteiger partial charge in [0.2, 0.25) is 0 Å². The minimum absolute atomic E-state index is 0.0404. The van der Waals surface area contributed by atoms with Crippen LogP contribution in [0.15, 0.2) is 29.4 Å². The largest absolute Gasteiger partial charge is 0.493 e. The van der Waals surface area contributed by atoms with E-state index in [1.807, 2.05) is 18.2 Å². The summed E-state index contributed by atoms with van der Waals surface area (Å²) in [7, 11) is 1.66. The Morgan fingerprint density at radius 3 is 2.54 bits per heavy atom. The Morgan fingerprint density at radius 2 is 1.86 bits per heavy atom. The number of hydrogen-bond donors (Lipinski definition) is 2. The predicted octanol–water partition coefficient (Wildman–Crippen LogP) is 3.90. The number of nitrogen functional groups attached to an aromatic ring is 2. The SMILES string of the molecule is CCc1sc(-c2ccc(OC)c(OCCN3CCOCC3)c2)nc1C(C)Sc1nc(N)cc(N)n1. The molecule has 1 aromatic carbocycles. The van der Waals surface area contributed by atoms with Gasteiger partial charge in [-0.25, -0.2) is 15.0 Å². The lowest BCUT2D eigenvalue weighted by Gasteiger charge is -2.26. The van der Waals surface area contributed by atoms with E-state index in [4.69, 9.17) is 30.7 Å². The summed E-state index contributed by atoms with van der Waals surface area (Å²) in [5, 5.41) is 1.53. The molecule has 0 amide bonds. The maximum atomic E-state index is 6.13. The summed E-state index contributed by atoms with van der Waals surface area (Å²) in [5.74, 6) is 2.16. The number of thioether (sulfide) groups is 1. The zero-order chi connectivity index (χ0) is 24.8. The zero-order valence-electron chi connectivity index (χ0n) is 20.3. The first-order valence-corrected chi connectivity index (χ1v) is 13.3. The quantitative estimate of drug-likeness (QED) is 0.303. The van der Waals surface area contributed by atoms with Crippen LogP contribution in [0.1, 0.15) is 29.7 Å². The third-order valence-electron chi connectivity index (χ3n) is 5.64. The summed E-state index contributed by atoms with van der Waals surface area (Å²) in [6.07, 6.45) is 0.886. The van der Waals surface area contributed by atoms with Gasteiger partial charge in [-0.2, -0.15) is 0 Å². The molecule has 0 bridgehead atoms. The average molecular weight is 517 g/mol. The number of nitrogens with two attached hydrogens (primary N) is 2. The lowest BCUT2D eigenvalue weighted by molar-refractivity contribution is 0.0321. The van der Waals surface area contributed by atoms with E-state index in [1.54, 1.807) is 24.5 Å². The van der Waals surface area contributed by atoms with Gasteiger partial charge in [-0.05, 0) is 31.5 Å². The number of nitrogens with zero attached hydrogens (tertiary/aromatic N) is 4. The fourth-order valence-corrected chi connectivity index (χ4v) is 5.93. The molecule has 0 saturated carbocycles. The molecule has 188 valence electrons. The lowest BCUT2D eigenvalue weighted by Crippen LogP contribution is -2.38. The van der Waals surface area contributed by atoms with Gasteiger partial charge in [0.1, 0.15) is 23.3 Å². The fraction of sp³-hybridized carbons (Fsp3) is 0.458. The van der Waals surface area contributed by atoms with Crippen molar-refractivity contribution in [2.75, 3.05) is 58.0 Å². The molecule has 1 unspecified atom stereocenters. The fourth-order valence-electron chi connectivity index (χ4n) is 3.82. The molecule has 35 heavy (non-hydrogen) atoms. The zero-order valence-corrected chi connectivity index (χ0v) is 22.0. The highest BCUT2D eigenvalue weighted by atomic mass is 32.2. The van der Waals surface area contributed by atoms with E-state index in [1.165, 1.54) is 16.6 Å². The van der Waals surface area contributed by atoms with Crippen LogP contribution in [0, 0.1) is 0 Å². The van der Waals surface area contributed by atoms with Crippen LogP contribution in [0.5, 0.6) is 11.5 Å². The highest BCUT2D eigenvalue weighted by Gasteiger charge is 2.20. The Kier molecular flexibility index (Phi) is 8.66. The summed E-state index contributed by atoms with van der Waals surface area (Å²) in [5.41, 5.74) is 13.7. The number of methoxy groups -OCH3 is 1. The van der Waals surface area contributed by atoms with E-state index in [-0.39, 0.29) is 5.25 Å². The summed E-state index contributed by atoms with van der Waals surface area (Å²) >= 11 is 3.19. The first kappa shape index (κ1) is 25.5. The van der Waals surface area contributed by atoms with E-state index in [0.717, 1.165) is 61.3 Å². The molecule has 9 nitrogen and oxygen atoms in total. The van der Waals surface area contributed by atoms with E-state index < -0.39 is 0 Å². The van der Waals surface area contributed by atoms with Gasteiger partial charge in [-0.15, -0.1) is 11.3 Å². The van der Waals surface area contributed by atoms with E-state index in [0.29, 0.717) is 29.1 Å². The van der Waals surface area contributed by atoms with E-state index in [9.17, 15) is 0 Å². The van der Waals surface area contributed by atoms with Gasteiger partial charge in [0, 0.05) is 36.1 Å². The molecule has 4 rings (SSSR count). The van der Waals surface area contributed by atoms with Crippen molar-refractivity contribution in [1.82, 2.24) is 19.9 Å². The topological polar surface area (TPSA) is 122 Å². The van der Waals surface area contributed by atoms with Gasteiger partial charge < -0.3 is 25.7 Å². The molecule has 1 fully saturated rings. The molecular formula is C24H32N6O3S2. The van der Waals surface area contributed by atoms with Gasteiger partial charge >= 0.3 is 0 Å². The number of rotatable bonds is 10. The number of thiazole rings is 1. The normalized spacial score (nSPS) is 15.2. The molecule has 0 spiro atoms. The summed E-state index contributed by atoms with van der Waals surface area (Å²) in [6, 6.07) is 7.53. The van der Waals surface area contributed by atoms with Crippen molar-refractivity contribution in [3.8, 4) is 22.1 Å². The molecule has 0 radical (unpaired) electrons. The van der Waals surface area contributed by atoms with Crippen molar-refractivity contribution in [3.05, 3.63) is 34.8 Å². The third-order valence-corrected chi connectivity index (χ3v) is 7.88. The number of morpholine rings is 1.